The molecule has 1 aromatic heterocycles. The normalized spacial score (nSPS) is 11.6. The van der Waals surface area contributed by atoms with Crippen molar-refractivity contribution in [2.45, 2.75) is 13.3 Å². The van der Waals surface area contributed by atoms with E-state index in [2.05, 4.69) is 15.0 Å². The van der Waals surface area contributed by atoms with E-state index in [4.69, 9.17) is 10.9 Å². The summed E-state index contributed by atoms with van der Waals surface area (Å²) in [5, 5.41) is 14.2. The smallest absolute Gasteiger partial charge is 0.185 e. The molecule has 0 aliphatic rings. The molecule has 1 aromatic rings. The molecule has 78 valence electrons. The number of nitrogens with two attached hydrogens (primary N) is 1. The molecule has 3 N–H and O–H groups in total. The Morgan fingerprint density at radius 1 is 1.79 bits per heavy atom. The number of rotatable bonds is 5. The second kappa shape index (κ2) is 5.43. The number of amidine groups is 1. The molecule has 0 bridgehead atoms. The molecule has 5 nitrogen and oxygen atoms in total. The van der Waals surface area contributed by atoms with Crippen LogP contribution >= 0.6 is 11.3 Å². The number of hydrogen-bond acceptors (Lipinski definition) is 5. The molecular formula is C8H14N4OS. The summed E-state index contributed by atoms with van der Waals surface area (Å²) in [6.45, 7) is 3.64. The average Bonchev–Trinajstić information content (AvgIpc) is 2.72. The fourth-order valence-corrected chi connectivity index (χ4v) is 1.80. The first-order chi connectivity index (χ1) is 6.77. The predicted octanol–water partition coefficient (Wildman–Crippen LogP) is 1.11. The molecule has 6 heteroatoms. The lowest BCUT2D eigenvalue weighted by Crippen LogP contribution is -2.27. The molecule has 1 heterocycles. The molecule has 0 unspecified atom stereocenters. The van der Waals surface area contributed by atoms with E-state index < -0.39 is 0 Å². The summed E-state index contributed by atoms with van der Waals surface area (Å²) in [6, 6.07) is 0. The first kappa shape index (κ1) is 10.8. The van der Waals surface area contributed by atoms with Crippen LogP contribution < -0.4 is 10.6 Å². The van der Waals surface area contributed by atoms with E-state index in [0.717, 1.165) is 18.2 Å². The van der Waals surface area contributed by atoms with Crippen molar-refractivity contribution in [2.75, 3.05) is 18.0 Å². The van der Waals surface area contributed by atoms with Crippen molar-refractivity contribution in [1.82, 2.24) is 4.98 Å². The van der Waals surface area contributed by atoms with Gasteiger partial charge < -0.3 is 15.8 Å². The van der Waals surface area contributed by atoms with Crippen LogP contribution in [0.4, 0.5) is 5.13 Å². The highest BCUT2D eigenvalue weighted by molar-refractivity contribution is 7.13. The Balaban J connectivity index is 2.48. The highest BCUT2D eigenvalue weighted by Crippen LogP contribution is 2.16. The van der Waals surface area contributed by atoms with Gasteiger partial charge in [-0.05, 0) is 6.92 Å². The van der Waals surface area contributed by atoms with Gasteiger partial charge in [-0.15, -0.1) is 11.3 Å². The zero-order valence-corrected chi connectivity index (χ0v) is 8.87. The van der Waals surface area contributed by atoms with Crippen LogP contribution in [0.2, 0.25) is 0 Å². The summed E-state index contributed by atoms with van der Waals surface area (Å²) in [6.07, 6.45) is 2.32. The SMILES string of the molecule is CCN(CCC(N)=NO)c1nccs1. The molecule has 0 saturated heterocycles. The number of hydrogen-bond donors (Lipinski definition) is 2. The number of thiazole rings is 1. The molecule has 14 heavy (non-hydrogen) atoms. The Labute approximate surface area is 86.9 Å². The summed E-state index contributed by atoms with van der Waals surface area (Å²) in [5.41, 5.74) is 5.39. The van der Waals surface area contributed by atoms with Crippen molar-refractivity contribution in [3.05, 3.63) is 11.6 Å². The van der Waals surface area contributed by atoms with Gasteiger partial charge in [0.25, 0.3) is 0 Å². The van der Waals surface area contributed by atoms with Crippen LogP contribution in [-0.2, 0) is 0 Å². The standard InChI is InChI=1S/C8H14N4OS/c1-2-12(5-3-7(9)11-13)8-10-4-6-14-8/h4,6,13H,2-3,5H2,1H3,(H2,9,11). The third-order valence-electron chi connectivity index (χ3n) is 1.84. The van der Waals surface area contributed by atoms with E-state index in [-0.39, 0.29) is 5.84 Å². The first-order valence-electron chi connectivity index (χ1n) is 4.38. The Morgan fingerprint density at radius 2 is 2.57 bits per heavy atom. The molecule has 0 aliphatic heterocycles. The fourth-order valence-electron chi connectivity index (χ4n) is 1.06. The molecule has 0 aromatic carbocycles. The monoisotopic (exact) mass is 214 g/mol. The summed E-state index contributed by atoms with van der Waals surface area (Å²) in [4.78, 5) is 6.28. The minimum Gasteiger partial charge on any atom is -0.409 e. The molecule has 0 radical (unpaired) electrons. The molecule has 0 atom stereocenters. The van der Waals surface area contributed by atoms with Gasteiger partial charge in [0.05, 0.1) is 0 Å². The number of nitrogens with zero attached hydrogens (tertiary/aromatic N) is 3. The molecule has 0 spiro atoms. The minimum absolute atomic E-state index is 0.250. The highest BCUT2D eigenvalue weighted by Gasteiger charge is 2.06. The zero-order valence-electron chi connectivity index (χ0n) is 8.05. The number of anilines is 1. The van der Waals surface area contributed by atoms with Crippen molar-refractivity contribution in [2.24, 2.45) is 10.9 Å². The second-order valence-corrected chi connectivity index (χ2v) is 3.61. The Morgan fingerprint density at radius 3 is 3.07 bits per heavy atom. The summed E-state index contributed by atoms with van der Waals surface area (Å²) < 4.78 is 0. The van der Waals surface area contributed by atoms with Gasteiger partial charge in [-0.1, -0.05) is 5.16 Å². The van der Waals surface area contributed by atoms with Gasteiger partial charge in [0.15, 0.2) is 5.13 Å². The van der Waals surface area contributed by atoms with Crippen LogP contribution in [0.3, 0.4) is 0 Å². The Bertz CT molecular complexity index is 286. The Kier molecular flexibility index (Phi) is 4.18. The van der Waals surface area contributed by atoms with Gasteiger partial charge in [-0.3, -0.25) is 0 Å². The van der Waals surface area contributed by atoms with Crippen LogP contribution in [0.25, 0.3) is 0 Å². The van der Waals surface area contributed by atoms with E-state index in [1.165, 1.54) is 0 Å². The van der Waals surface area contributed by atoms with Crippen LogP contribution in [0.15, 0.2) is 16.7 Å². The van der Waals surface area contributed by atoms with E-state index in [1.807, 2.05) is 12.3 Å². The third kappa shape index (κ3) is 2.88. The first-order valence-corrected chi connectivity index (χ1v) is 5.26. The lowest BCUT2D eigenvalue weighted by molar-refractivity contribution is 0.317. The van der Waals surface area contributed by atoms with Crippen molar-refractivity contribution >= 4 is 22.3 Å². The molecule has 1 rings (SSSR count). The van der Waals surface area contributed by atoms with Gasteiger partial charge in [0.1, 0.15) is 5.84 Å². The van der Waals surface area contributed by atoms with Crippen molar-refractivity contribution < 1.29 is 5.21 Å². The predicted molar refractivity (Wildman–Crippen MR) is 58.0 cm³/mol. The van der Waals surface area contributed by atoms with Crippen LogP contribution in [-0.4, -0.2) is 29.1 Å². The number of oxime groups is 1. The maximum absolute atomic E-state index is 8.38. The van der Waals surface area contributed by atoms with Crippen LogP contribution in [0.5, 0.6) is 0 Å². The lowest BCUT2D eigenvalue weighted by Gasteiger charge is -2.18. The van der Waals surface area contributed by atoms with Gasteiger partial charge in [-0.25, -0.2) is 4.98 Å². The Hall–Kier alpha value is -1.30. The average molecular weight is 214 g/mol. The number of aromatic nitrogens is 1. The summed E-state index contributed by atoms with van der Waals surface area (Å²) >= 11 is 1.59. The van der Waals surface area contributed by atoms with Gasteiger partial charge in [0, 0.05) is 31.1 Å². The van der Waals surface area contributed by atoms with Gasteiger partial charge in [-0.2, -0.15) is 0 Å². The van der Waals surface area contributed by atoms with Gasteiger partial charge >= 0.3 is 0 Å². The molecule has 0 aliphatic carbocycles. The molecule has 0 fully saturated rings. The highest BCUT2D eigenvalue weighted by atomic mass is 32.1. The zero-order chi connectivity index (χ0) is 10.4. The van der Waals surface area contributed by atoms with E-state index in [9.17, 15) is 0 Å². The van der Waals surface area contributed by atoms with Crippen LogP contribution in [0.1, 0.15) is 13.3 Å². The molecular weight excluding hydrogens is 200 g/mol. The van der Waals surface area contributed by atoms with E-state index >= 15 is 0 Å². The summed E-state index contributed by atoms with van der Waals surface area (Å²) in [7, 11) is 0. The quantitative estimate of drug-likeness (QED) is 0.333. The lowest BCUT2D eigenvalue weighted by atomic mass is 10.4. The maximum Gasteiger partial charge on any atom is 0.185 e. The second-order valence-electron chi connectivity index (χ2n) is 2.74. The molecule has 0 amide bonds. The topological polar surface area (TPSA) is 74.7 Å². The minimum atomic E-state index is 0.250. The van der Waals surface area contributed by atoms with Crippen molar-refractivity contribution in [3.8, 4) is 0 Å². The van der Waals surface area contributed by atoms with Crippen molar-refractivity contribution in [1.29, 1.82) is 0 Å². The third-order valence-corrected chi connectivity index (χ3v) is 2.67. The fraction of sp³-hybridized carbons (Fsp3) is 0.500. The van der Waals surface area contributed by atoms with E-state index in [1.54, 1.807) is 17.5 Å². The van der Waals surface area contributed by atoms with Crippen molar-refractivity contribution in [3.63, 3.8) is 0 Å². The molecule has 0 saturated carbocycles. The largest absolute Gasteiger partial charge is 0.409 e. The van der Waals surface area contributed by atoms with E-state index in [0.29, 0.717) is 6.42 Å². The van der Waals surface area contributed by atoms with Gasteiger partial charge in [0.2, 0.25) is 0 Å². The van der Waals surface area contributed by atoms with Crippen LogP contribution in [0, 0.1) is 0 Å². The maximum atomic E-state index is 8.38. The summed E-state index contributed by atoms with van der Waals surface area (Å²) in [5.74, 6) is 0.250.